The summed E-state index contributed by atoms with van der Waals surface area (Å²) in [5.74, 6) is 1.22. The second-order valence-corrected chi connectivity index (χ2v) is 5.59. The van der Waals surface area contributed by atoms with Gasteiger partial charge in [0.05, 0.1) is 6.20 Å². The Bertz CT molecular complexity index is 950. The van der Waals surface area contributed by atoms with Crippen molar-refractivity contribution in [2.24, 2.45) is 0 Å². The molecule has 0 aliphatic carbocycles. The summed E-state index contributed by atoms with van der Waals surface area (Å²) in [6.07, 6.45) is 5.70. The Kier molecular flexibility index (Phi) is 2.41. The van der Waals surface area contributed by atoms with E-state index in [2.05, 4.69) is 15.4 Å². The van der Waals surface area contributed by atoms with Crippen molar-refractivity contribution in [3.8, 4) is 11.5 Å². The fourth-order valence-corrected chi connectivity index (χ4v) is 3.22. The molecule has 0 radical (unpaired) electrons. The van der Waals surface area contributed by atoms with Gasteiger partial charge in [0, 0.05) is 42.0 Å². The molecular weight excluding hydrogens is 296 g/mol. The van der Waals surface area contributed by atoms with Crippen LogP contribution in [0, 0.1) is 0 Å². The lowest BCUT2D eigenvalue weighted by Crippen LogP contribution is -2.23. The number of nitrogens with one attached hydrogen (secondary N) is 1. The molecule has 7 nitrogen and oxygen atoms in total. The summed E-state index contributed by atoms with van der Waals surface area (Å²) in [7, 11) is 0. The number of hydrogen-bond acceptors (Lipinski definition) is 5. The van der Waals surface area contributed by atoms with Crippen LogP contribution in [0.1, 0.15) is 23.5 Å². The third-order valence-corrected chi connectivity index (χ3v) is 4.27. The van der Waals surface area contributed by atoms with Crippen LogP contribution in [0.25, 0.3) is 5.65 Å². The first-order valence-electron chi connectivity index (χ1n) is 7.31. The molecule has 5 rings (SSSR count). The van der Waals surface area contributed by atoms with E-state index in [-0.39, 0.29) is 18.6 Å². The second kappa shape index (κ2) is 4.45. The van der Waals surface area contributed by atoms with Crippen LogP contribution in [0.5, 0.6) is 11.5 Å². The van der Waals surface area contributed by atoms with Gasteiger partial charge in [0.15, 0.2) is 17.1 Å². The van der Waals surface area contributed by atoms with Crippen molar-refractivity contribution in [1.82, 2.24) is 14.6 Å². The summed E-state index contributed by atoms with van der Waals surface area (Å²) in [6.45, 7) is 0.203. The molecule has 1 amide bonds. The highest BCUT2D eigenvalue weighted by molar-refractivity contribution is 5.96. The average molecular weight is 308 g/mol. The van der Waals surface area contributed by atoms with E-state index in [0.717, 1.165) is 22.5 Å². The minimum Gasteiger partial charge on any atom is -0.454 e. The van der Waals surface area contributed by atoms with Gasteiger partial charge in [0.2, 0.25) is 12.7 Å². The van der Waals surface area contributed by atoms with Gasteiger partial charge in [-0.05, 0) is 17.7 Å². The molecule has 0 spiro atoms. The molecule has 0 saturated heterocycles. The highest BCUT2D eigenvalue weighted by Crippen LogP contribution is 2.45. The van der Waals surface area contributed by atoms with E-state index in [1.807, 2.05) is 24.4 Å². The summed E-state index contributed by atoms with van der Waals surface area (Å²) >= 11 is 0. The number of ether oxygens (including phenoxy) is 2. The van der Waals surface area contributed by atoms with E-state index in [9.17, 15) is 4.79 Å². The Hall–Kier alpha value is -3.09. The molecule has 7 heteroatoms. The van der Waals surface area contributed by atoms with E-state index in [4.69, 9.17) is 9.47 Å². The van der Waals surface area contributed by atoms with Gasteiger partial charge in [-0.2, -0.15) is 5.10 Å². The molecule has 1 atom stereocenters. The normalized spacial score (nSPS) is 18.8. The second-order valence-electron chi connectivity index (χ2n) is 5.59. The van der Waals surface area contributed by atoms with Crippen molar-refractivity contribution in [1.29, 1.82) is 0 Å². The van der Waals surface area contributed by atoms with Gasteiger partial charge in [-0.3, -0.25) is 4.79 Å². The first kappa shape index (κ1) is 12.5. The average Bonchev–Trinajstić information content (AvgIpc) is 3.18. The summed E-state index contributed by atoms with van der Waals surface area (Å²) in [4.78, 5) is 16.5. The molecule has 0 saturated carbocycles. The zero-order chi connectivity index (χ0) is 15.4. The molecular formula is C16H12N4O3. The van der Waals surface area contributed by atoms with Crippen LogP contribution >= 0.6 is 0 Å². The van der Waals surface area contributed by atoms with E-state index in [0.29, 0.717) is 17.9 Å². The van der Waals surface area contributed by atoms with Gasteiger partial charge < -0.3 is 14.8 Å². The maximum absolute atomic E-state index is 12.1. The Labute approximate surface area is 130 Å². The minimum atomic E-state index is -0.111. The van der Waals surface area contributed by atoms with Crippen LogP contribution in [-0.2, 0) is 4.79 Å². The molecule has 3 aromatic rings. The molecule has 0 unspecified atom stereocenters. The summed E-state index contributed by atoms with van der Waals surface area (Å²) in [5, 5.41) is 7.24. The molecule has 1 aromatic carbocycles. The Morgan fingerprint density at radius 2 is 2.09 bits per heavy atom. The highest BCUT2D eigenvalue weighted by Gasteiger charge is 2.31. The molecule has 114 valence electrons. The van der Waals surface area contributed by atoms with E-state index in [1.165, 1.54) is 0 Å². The van der Waals surface area contributed by atoms with Gasteiger partial charge >= 0.3 is 0 Å². The number of rotatable bonds is 1. The van der Waals surface area contributed by atoms with E-state index < -0.39 is 0 Å². The smallest absolute Gasteiger partial charge is 0.231 e. The number of benzene rings is 1. The van der Waals surface area contributed by atoms with Gasteiger partial charge in [-0.1, -0.05) is 0 Å². The van der Waals surface area contributed by atoms with Gasteiger partial charge in [0.25, 0.3) is 0 Å². The molecule has 2 aliphatic rings. The fraction of sp³-hybridized carbons (Fsp3) is 0.188. The third-order valence-electron chi connectivity index (χ3n) is 4.27. The lowest BCUT2D eigenvalue weighted by atomic mass is 9.85. The van der Waals surface area contributed by atoms with Crippen molar-refractivity contribution < 1.29 is 14.3 Å². The zero-order valence-electron chi connectivity index (χ0n) is 12.0. The molecule has 23 heavy (non-hydrogen) atoms. The molecule has 0 bridgehead atoms. The number of carbonyl (C=O) groups is 1. The molecule has 4 heterocycles. The zero-order valence-corrected chi connectivity index (χ0v) is 12.0. The topological polar surface area (TPSA) is 77.8 Å². The summed E-state index contributed by atoms with van der Waals surface area (Å²) < 4.78 is 12.6. The van der Waals surface area contributed by atoms with Crippen molar-refractivity contribution in [2.75, 3.05) is 12.1 Å². The van der Waals surface area contributed by atoms with Crippen molar-refractivity contribution in [3.63, 3.8) is 0 Å². The lowest BCUT2D eigenvalue weighted by Gasteiger charge is -2.25. The standard InChI is InChI=1S/C16H12N4O3/c21-15-5-9(11-7-18-20-3-1-2-17-16(11)20)10-4-13-14(23-8-22-13)6-12(10)19-15/h1-4,6-7,9H,5,8H2,(H,19,21)/t9-/m1/s1. The fourth-order valence-electron chi connectivity index (χ4n) is 3.22. The SMILES string of the molecule is O=C1C[C@@H](c2cnn3cccnc23)c2cc3c(cc2N1)OCO3. The van der Waals surface area contributed by atoms with Gasteiger partial charge in [0.1, 0.15) is 0 Å². The number of amides is 1. The predicted molar refractivity (Wildman–Crippen MR) is 80.6 cm³/mol. The number of nitrogens with zero attached hydrogens (tertiary/aromatic N) is 3. The minimum absolute atomic E-state index is 0.0309. The molecule has 2 aliphatic heterocycles. The van der Waals surface area contributed by atoms with Crippen molar-refractivity contribution >= 4 is 17.2 Å². The highest BCUT2D eigenvalue weighted by atomic mass is 16.7. The maximum Gasteiger partial charge on any atom is 0.231 e. The summed E-state index contributed by atoms with van der Waals surface area (Å²) in [6, 6.07) is 5.58. The van der Waals surface area contributed by atoms with Crippen LogP contribution < -0.4 is 14.8 Å². The maximum atomic E-state index is 12.1. The number of hydrogen-bond donors (Lipinski definition) is 1. The molecule has 1 N–H and O–H groups in total. The Balaban J connectivity index is 1.71. The van der Waals surface area contributed by atoms with Crippen LogP contribution in [0.2, 0.25) is 0 Å². The van der Waals surface area contributed by atoms with Crippen molar-refractivity contribution in [3.05, 3.63) is 47.9 Å². The molecule has 0 fully saturated rings. The van der Waals surface area contributed by atoms with Gasteiger partial charge in [-0.15, -0.1) is 0 Å². The van der Waals surface area contributed by atoms with Crippen LogP contribution in [-0.4, -0.2) is 27.3 Å². The first-order valence-corrected chi connectivity index (χ1v) is 7.31. The monoisotopic (exact) mass is 308 g/mol. The van der Waals surface area contributed by atoms with Crippen LogP contribution in [0.15, 0.2) is 36.8 Å². The van der Waals surface area contributed by atoms with Crippen LogP contribution in [0.4, 0.5) is 5.69 Å². The Morgan fingerprint density at radius 3 is 3.00 bits per heavy atom. The number of aromatic nitrogens is 3. The van der Waals surface area contributed by atoms with Gasteiger partial charge in [-0.25, -0.2) is 9.50 Å². The number of anilines is 1. The Morgan fingerprint density at radius 1 is 1.22 bits per heavy atom. The first-order chi connectivity index (χ1) is 11.3. The van der Waals surface area contributed by atoms with Crippen molar-refractivity contribution in [2.45, 2.75) is 12.3 Å². The number of carbonyl (C=O) groups excluding carboxylic acids is 1. The van der Waals surface area contributed by atoms with E-state index in [1.54, 1.807) is 16.9 Å². The summed E-state index contributed by atoms with van der Waals surface area (Å²) in [5.41, 5.74) is 3.44. The predicted octanol–water partition coefficient (Wildman–Crippen LogP) is 1.93. The van der Waals surface area contributed by atoms with Crippen LogP contribution in [0.3, 0.4) is 0 Å². The van der Waals surface area contributed by atoms with E-state index >= 15 is 0 Å². The molecule has 2 aromatic heterocycles. The largest absolute Gasteiger partial charge is 0.454 e. The number of fused-ring (bicyclic) bond motifs is 3. The lowest BCUT2D eigenvalue weighted by molar-refractivity contribution is -0.116. The third kappa shape index (κ3) is 1.79. The quantitative estimate of drug-likeness (QED) is 0.743.